The molecule has 1 aliphatic rings. The Morgan fingerprint density at radius 2 is 1.48 bits per heavy atom. The highest BCUT2D eigenvalue weighted by Gasteiger charge is 2.37. The third-order valence-electron chi connectivity index (χ3n) is 5.06. The van der Waals surface area contributed by atoms with E-state index in [1.54, 1.807) is 0 Å². The van der Waals surface area contributed by atoms with E-state index in [0.717, 1.165) is 49.8 Å². The summed E-state index contributed by atoms with van der Waals surface area (Å²) in [5.74, 6) is 0. The molecule has 2 aromatic carbocycles. The molecule has 1 saturated carbocycles. The molecular weight excluding hydrogens is 344 g/mol. The van der Waals surface area contributed by atoms with Gasteiger partial charge >= 0.3 is 6.18 Å². The predicted octanol–water partition coefficient (Wildman–Crippen LogP) is 6.23. The largest absolute Gasteiger partial charge is 0.416 e. The summed E-state index contributed by atoms with van der Waals surface area (Å²) in [7, 11) is -2.81. The normalized spacial score (nSPS) is 18.7. The molecule has 0 aliphatic heterocycles. The molecule has 0 N–H and O–H groups in total. The summed E-state index contributed by atoms with van der Waals surface area (Å²) in [5, 5.41) is 0.580. The molecule has 134 valence electrons. The summed E-state index contributed by atoms with van der Waals surface area (Å²) in [6, 6.07) is 14.6. The first kappa shape index (κ1) is 18.3. The van der Waals surface area contributed by atoms with E-state index >= 15 is 0 Å². The quantitative estimate of drug-likeness (QED) is 0.587. The van der Waals surface area contributed by atoms with Crippen LogP contribution in [0.15, 0.2) is 54.6 Å². The van der Waals surface area contributed by atoms with Crippen LogP contribution in [0, 0.1) is 0 Å². The second kappa shape index (κ2) is 7.37. The highest BCUT2D eigenvalue weighted by molar-refractivity contribution is 7.71. The van der Waals surface area contributed by atoms with Gasteiger partial charge in [-0.25, -0.2) is 0 Å². The Hall–Kier alpha value is -1.54. The molecular formula is C20H22F3OP. The molecule has 1 atom stereocenters. The molecule has 0 bridgehead atoms. The van der Waals surface area contributed by atoms with Crippen molar-refractivity contribution < 1.29 is 17.7 Å². The summed E-state index contributed by atoms with van der Waals surface area (Å²) in [6.07, 6.45) is 1.08. The van der Waals surface area contributed by atoms with Gasteiger partial charge in [-0.2, -0.15) is 13.2 Å². The first-order valence-electron chi connectivity index (χ1n) is 8.70. The average molecular weight is 366 g/mol. The van der Waals surface area contributed by atoms with Crippen LogP contribution < -0.4 is 5.30 Å². The van der Waals surface area contributed by atoms with Crippen molar-refractivity contribution in [2.75, 3.05) is 0 Å². The van der Waals surface area contributed by atoms with Crippen molar-refractivity contribution in [3.8, 4) is 0 Å². The molecule has 2 aromatic rings. The maximum absolute atomic E-state index is 14.0. The molecule has 3 rings (SSSR count). The van der Waals surface area contributed by atoms with Crippen molar-refractivity contribution >= 4 is 12.4 Å². The van der Waals surface area contributed by atoms with Gasteiger partial charge in [0.05, 0.1) is 5.56 Å². The van der Waals surface area contributed by atoms with Gasteiger partial charge in [-0.3, -0.25) is 0 Å². The summed E-state index contributed by atoms with van der Waals surface area (Å²) in [5.41, 5.74) is 0.362. The molecule has 0 amide bonds. The lowest BCUT2D eigenvalue weighted by atomic mass is 10.0. The third-order valence-corrected chi connectivity index (χ3v) is 8.76. The fourth-order valence-corrected chi connectivity index (χ4v) is 7.16. The molecule has 0 aromatic heterocycles. The molecule has 5 heteroatoms. The second-order valence-corrected chi connectivity index (χ2v) is 9.93. The Morgan fingerprint density at radius 3 is 2.04 bits per heavy atom. The van der Waals surface area contributed by atoms with Gasteiger partial charge in [0.1, 0.15) is 7.14 Å². The van der Waals surface area contributed by atoms with Crippen molar-refractivity contribution in [1.82, 2.24) is 0 Å². The van der Waals surface area contributed by atoms with E-state index in [0.29, 0.717) is 11.5 Å². The Morgan fingerprint density at radius 1 is 0.880 bits per heavy atom. The van der Waals surface area contributed by atoms with Crippen molar-refractivity contribution in [3.63, 3.8) is 0 Å². The summed E-state index contributed by atoms with van der Waals surface area (Å²) >= 11 is 0. The standard InChI is InChI=1S/C20H22F3OP/c21-20(22,23)17-11-13-19(14-12-17)25(24,18-9-5-2-6-10-18)15-16-7-3-1-4-8-16/h1,3-4,7-8,11-14,18H,2,5-6,9-10,15H2. The Balaban J connectivity index is 1.97. The van der Waals surface area contributed by atoms with Crippen LogP contribution in [0.2, 0.25) is 0 Å². The van der Waals surface area contributed by atoms with Crippen molar-refractivity contribution in [1.29, 1.82) is 0 Å². The van der Waals surface area contributed by atoms with Gasteiger partial charge in [0, 0.05) is 17.1 Å². The molecule has 1 unspecified atom stereocenters. The van der Waals surface area contributed by atoms with Gasteiger partial charge in [0.2, 0.25) is 0 Å². The minimum Gasteiger partial charge on any atom is -0.318 e. The molecule has 1 nitrogen and oxygen atoms in total. The van der Waals surface area contributed by atoms with Gasteiger partial charge in [0.25, 0.3) is 0 Å². The number of hydrogen-bond acceptors (Lipinski definition) is 1. The van der Waals surface area contributed by atoms with Gasteiger partial charge in [-0.15, -0.1) is 0 Å². The minimum absolute atomic E-state index is 0.0678. The fourth-order valence-electron chi connectivity index (χ4n) is 3.69. The lowest BCUT2D eigenvalue weighted by Crippen LogP contribution is -2.22. The SMILES string of the molecule is O=P(Cc1ccccc1)(c1ccc(C(F)(F)F)cc1)C1CCCCC1. The first-order valence-corrected chi connectivity index (χ1v) is 10.7. The van der Waals surface area contributed by atoms with Crippen LogP contribution >= 0.6 is 7.14 Å². The fraction of sp³-hybridized carbons (Fsp3) is 0.400. The topological polar surface area (TPSA) is 17.1 Å². The van der Waals surface area contributed by atoms with Crippen LogP contribution in [0.5, 0.6) is 0 Å². The zero-order valence-corrected chi connectivity index (χ0v) is 14.9. The maximum Gasteiger partial charge on any atom is 0.416 e. The Kier molecular flexibility index (Phi) is 5.38. The van der Waals surface area contributed by atoms with Gasteiger partial charge < -0.3 is 4.57 Å². The summed E-state index contributed by atoms with van der Waals surface area (Å²) in [6.45, 7) is 0. The maximum atomic E-state index is 14.0. The highest BCUT2D eigenvalue weighted by atomic mass is 31.2. The lowest BCUT2D eigenvalue weighted by Gasteiger charge is -2.31. The van der Waals surface area contributed by atoms with Crippen LogP contribution in [-0.2, 0) is 16.9 Å². The summed E-state index contributed by atoms with van der Waals surface area (Å²) < 4.78 is 52.6. The van der Waals surface area contributed by atoms with E-state index in [9.17, 15) is 17.7 Å². The number of halogens is 3. The zero-order valence-electron chi connectivity index (χ0n) is 14.0. The first-order chi connectivity index (χ1) is 11.9. The van der Waals surface area contributed by atoms with Crippen LogP contribution in [0.3, 0.4) is 0 Å². The predicted molar refractivity (Wildman–Crippen MR) is 95.7 cm³/mol. The lowest BCUT2D eigenvalue weighted by molar-refractivity contribution is -0.137. The van der Waals surface area contributed by atoms with Crippen LogP contribution in [0.1, 0.15) is 43.2 Å². The van der Waals surface area contributed by atoms with Gasteiger partial charge in [-0.1, -0.05) is 61.7 Å². The molecule has 0 spiro atoms. The van der Waals surface area contributed by atoms with E-state index in [4.69, 9.17) is 0 Å². The Labute approximate surface area is 146 Å². The zero-order chi connectivity index (χ0) is 17.9. The smallest absolute Gasteiger partial charge is 0.318 e. The highest BCUT2D eigenvalue weighted by Crippen LogP contribution is 2.57. The second-order valence-electron chi connectivity index (χ2n) is 6.78. The van der Waals surface area contributed by atoms with E-state index in [-0.39, 0.29) is 5.66 Å². The number of benzene rings is 2. The van der Waals surface area contributed by atoms with E-state index in [1.165, 1.54) is 12.1 Å². The molecule has 25 heavy (non-hydrogen) atoms. The van der Waals surface area contributed by atoms with Gasteiger partial charge in [0.15, 0.2) is 0 Å². The van der Waals surface area contributed by atoms with E-state index < -0.39 is 18.9 Å². The molecule has 1 fully saturated rings. The third kappa shape index (κ3) is 4.17. The van der Waals surface area contributed by atoms with Crippen molar-refractivity contribution in [2.45, 2.75) is 50.1 Å². The minimum atomic E-state index is -4.37. The number of hydrogen-bond donors (Lipinski definition) is 0. The average Bonchev–Trinajstić information content (AvgIpc) is 2.62. The van der Waals surface area contributed by atoms with E-state index in [2.05, 4.69) is 0 Å². The van der Waals surface area contributed by atoms with Crippen LogP contribution in [0.4, 0.5) is 13.2 Å². The Bertz CT molecular complexity index is 732. The van der Waals surface area contributed by atoms with Crippen molar-refractivity contribution in [3.05, 3.63) is 65.7 Å². The van der Waals surface area contributed by atoms with Crippen molar-refractivity contribution in [2.24, 2.45) is 0 Å². The van der Waals surface area contributed by atoms with E-state index in [1.807, 2.05) is 30.3 Å². The van der Waals surface area contributed by atoms with Crippen LogP contribution in [0.25, 0.3) is 0 Å². The number of rotatable bonds is 4. The summed E-state index contributed by atoms with van der Waals surface area (Å²) in [4.78, 5) is 0. The molecule has 0 heterocycles. The monoisotopic (exact) mass is 366 g/mol. The molecule has 0 saturated heterocycles. The van der Waals surface area contributed by atoms with Crippen LogP contribution in [-0.4, -0.2) is 5.66 Å². The molecule has 1 aliphatic carbocycles. The molecule has 0 radical (unpaired) electrons. The number of alkyl halides is 3. The van der Waals surface area contributed by atoms with Gasteiger partial charge in [-0.05, 0) is 30.5 Å².